The largest absolute Gasteiger partial charge is 0.493 e. The van der Waals surface area contributed by atoms with Gasteiger partial charge in [-0.15, -0.1) is 0 Å². The Kier molecular flexibility index (Phi) is 6.76. The monoisotopic (exact) mass is 487 g/mol. The van der Waals surface area contributed by atoms with E-state index >= 15 is 0 Å². The molecule has 0 unspecified atom stereocenters. The van der Waals surface area contributed by atoms with Gasteiger partial charge < -0.3 is 25.4 Å². The number of benzene rings is 2. The number of piperidine rings is 1. The molecule has 1 aliphatic heterocycles. The molecule has 3 N–H and O–H groups in total. The lowest BCUT2D eigenvalue weighted by Gasteiger charge is -2.31. The van der Waals surface area contributed by atoms with Gasteiger partial charge >= 0.3 is 0 Å². The van der Waals surface area contributed by atoms with Gasteiger partial charge in [-0.2, -0.15) is 0 Å². The third-order valence-electron chi connectivity index (χ3n) is 5.53. The number of fused-ring (bicyclic) bond motifs is 1. The van der Waals surface area contributed by atoms with Crippen LogP contribution in [0.2, 0.25) is 10.0 Å². The topological polar surface area (TPSA) is 103 Å². The van der Waals surface area contributed by atoms with Crippen LogP contribution in [0.1, 0.15) is 12.8 Å². The van der Waals surface area contributed by atoms with E-state index in [2.05, 4.69) is 21.9 Å². The molecule has 1 amide bonds. The van der Waals surface area contributed by atoms with Crippen LogP contribution in [-0.2, 0) is 4.79 Å². The first-order valence-electron chi connectivity index (χ1n) is 10.3. The van der Waals surface area contributed by atoms with Gasteiger partial charge in [0.2, 0.25) is 5.91 Å². The Morgan fingerprint density at radius 2 is 2.00 bits per heavy atom. The van der Waals surface area contributed by atoms with E-state index in [0.717, 1.165) is 5.39 Å². The number of carbonyl (C=O) groups is 1. The number of nitrogens with two attached hydrogens (primary N) is 1. The number of likely N-dealkylation sites (tertiary alicyclic amines) is 1. The first kappa shape index (κ1) is 22.9. The number of rotatable bonds is 6. The quantitative estimate of drug-likeness (QED) is 0.379. The predicted molar refractivity (Wildman–Crippen MR) is 131 cm³/mol. The van der Waals surface area contributed by atoms with Gasteiger partial charge in [0.1, 0.15) is 18.2 Å². The molecule has 0 atom stereocenters. The summed E-state index contributed by atoms with van der Waals surface area (Å²) in [4.78, 5) is 22.3. The van der Waals surface area contributed by atoms with E-state index in [1.54, 1.807) is 30.2 Å². The second-order valence-electron chi connectivity index (χ2n) is 7.54. The molecule has 0 aliphatic carbocycles. The standard InChI is InChI=1S/C23H23Cl2N5O3/c1-3-20(31)30-8-6-13(7-9-30)33-19-10-14-17(11-18(19)32-2)27-12-28-23(14)29-16-5-4-15(24)21(25)22(16)26/h3-5,10-13H,1,6-9,26H2,2H3,(H,27,28,29). The fourth-order valence-electron chi connectivity index (χ4n) is 3.72. The Morgan fingerprint density at radius 3 is 2.70 bits per heavy atom. The first-order valence-corrected chi connectivity index (χ1v) is 11.1. The van der Waals surface area contributed by atoms with Crippen molar-refractivity contribution in [3.63, 3.8) is 0 Å². The second-order valence-corrected chi connectivity index (χ2v) is 8.32. The zero-order valence-electron chi connectivity index (χ0n) is 18.0. The summed E-state index contributed by atoms with van der Waals surface area (Å²) in [6, 6.07) is 7.03. The highest BCUT2D eigenvalue weighted by atomic mass is 35.5. The number of hydrogen-bond acceptors (Lipinski definition) is 7. The Hall–Kier alpha value is -3.23. The number of hydrogen-bond donors (Lipinski definition) is 2. The molecule has 0 spiro atoms. The highest BCUT2D eigenvalue weighted by Crippen LogP contribution is 2.39. The Labute approximate surface area is 201 Å². The van der Waals surface area contributed by atoms with Crippen LogP contribution < -0.4 is 20.5 Å². The van der Waals surface area contributed by atoms with Crippen molar-refractivity contribution in [1.29, 1.82) is 0 Å². The van der Waals surface area contributed by atoms with Crippen molar-refractivity contribution < 1.29 is 14.3 Å². The van der Waals surface area contributed by atoms with E-state index in [1.165, 1.54) is 12.4 Å². The molecule has 10 heteroatoms. The zero-order valence-corrected chi connectivity index (χ0v) is 19.5. The first-order chi connectivity index (χ1) is 15.9. The fourth-order valence-corrected chi connectivity index (χ4v) is 4.05. The van der Waals surface area contributed by atoms with Crippen molar-refractivity contribution in [2.24, 2.45) is 0 Å². The molecular weight excluding hydrogens is 465 g/mol. The van der Waals surface area contributed by atoms with Gasteiger partial charge in [-0.1, -0.05) is 29.8 Å². The lowest BCUT2D eigenvalue weighted by atomic mass is 10.1. The Morgan fingerprint density at radius 1 is 1.24 bits per heavy atom. The molecule has 0 saturated carbocycles. The van der Waals surface area contributed by atoms with E-state index < -0.39 is 0 Å². The smallest absolute Gasteiger partial charge is 0.245 e. The average molecular weight is 488 g/mol. The fraction of sp³-hybridized carbons (Fsp3) is 0.261. The molecule has 2 heterocycles. The summed E-state index contributed by atoms with van der Waals surface area (Å²) >= 11 is 12.2. The zero-order chi connectivity index (χ0) is 23.5. The molecule has 1 fully saturated rings. The summed E-state index contributed by atoms with van der Waals surface area (Å²) in [5.41, 5.74) is 7.68. The van der Waals surface area contributed by atoms with Crippen LogP contribution in [-0.4, -0.2) is 47.1 Å². The number of carbonyl (C=O) groups excluding carboxylic acids is 1. The highest BCUT2D eigenvalue weighted by molar-refractivity contribution is 6.44. The lowest BCUT2D eigenvalue weighted by molar-refractivity contribution is -0.127. The minimum atomic E-state index is -0.0637. The van der Waals surface area contributed by atoms with Crippen LogP contribution in [0.3, 0.4) is 0 Å². The van der Waals surface area contributed by atoms with Gasteiger partial charge in [0.15, 0.2) is 11.5 Å². The van der Waals surface area contributed by atoms with E-state index in [-0.39, 0.29) is 17.0 Å². The lowest BCUT2D eigenvalue weighted by Crippen LogP contribution is -2.41. The minimum Gasteiger partial charge on any atom is -0.493 e. The average Bonchev–Trinajstić information content (AvgIpc) is 2.84. The third-order valence-corrected chi connectivity index (χ3v) is 6.35. The number of methoxy groups -OCH3 is 1. The number of ether oxygens (including phenoxy) is 2. The van der Waals surface area contributed by atoms with Crippen molar-refractivity contribution in [3.8, 4) is 11.5 Å². The molecule has 1 aromatic heterocycles. The van der Waals surface area contributed by atoms with Crippen LogP contribution in [0.5, 0.6) is 11.5 Å². The molecule has 0 radical (unpaired) electrons. The molecule has 2 aromatic carbocycles. The highest BCUT2D eigenvalue weighted by Gasteiger charge is 2.24. The molecule has 4 rings (SSSR count). The van der Waals surface area contributed by atoms with Crippen LogP contribution in [0.4, 0.5) is 17.2 Å². The molecule has 3 aromatic rings. The Balaban J connectivity index is 1.63. The normalized spacial score (nSPS) is 14.2. The van der Waals surface area contributed by atoms with E-state index in [9.17, 15) is 4.79 Å². The summed E-state index contributed by atoms with van der Waals surface area (Å²) in [6.45, 7) is 4.77. The number of nitrogens with zero attached hydrogens (tertiary/aromatic N) is 3. The maximum Gasteiger partial charge on any atom is 0.245 e. The van der Waals surface area contributed by atoms with Gasteiger partial charge in [0.05, 0.1) is 34.0 Å². The van der Waals surface area contributed by atoms with Crippen LogP contribution >= 0.6 is 23.2 Å². The molecule has 172 valence electrons. The van der Waals surface area contributed by atoms with E-state index in [1.807, 2.05) is 6.07 Å². The molecular formula is C23H23Cl2N5O3. The number of nitrogens with one attached hydrogen (secondary N) is 1. The number of amides is 1. The summed E-state index contributed by atoms with van der Waals surface area (Å²) < 4.78 is 11.8. The van der Waals surface area contributed by atoms with Crippen molar-refractivity contribution in [3.05, 3.63) is 53.3 Å². The number of anilines is 3. The van der Waals surface area contributed by atoms with E-state index in [4.69, 9.17) is 38.4 Å². The second kappa shape index (κ2) is 9.72. The van der Waals surface area contributed by atoms with Gasteiger partial charge in [0, 0.05) is 37.4 Å². The van der Waals surface area contributed by atoms with Gasteiger partial charge in [-0.3, -0.25) is 4.79 Å². The SMILES string of the molecule is C=CC(=O)N1CCC(Oc2cc3c(Nc4ccc(Cl)c(Cl)c4N)ncnc3cc2OC)CC1. The van der Waals surface area contributed by atoms with Gasteiger partial charge in [-0.05, 0) is 24.3 Å². The molecule has 0 bridgehead atoms. The van der Waals surface area contributed by atoms with Crippen LogP contribution in [0.15, 0.2) is 43.2 Å². The molecule has 8 nitrogen and oxygen atoms in total. The molecule has 1 aliphatic rings. The van der Waals surface area contributed by atoms with E-state index in [0.29, 0.717) is 65.2 Å². The molecule has 1 saturated heterocycles. The van der Waals surface area contributed by atoms with Crippen LogP contribution in [0, 0.1) is 0 Å². The number of aromatic nitrogens is 2. The number of halogens is 2. The maximum absolute atomic E-state index is 11.8. The molecule has 33 heavy (non-hydrogen) atoms. The summed E-state index contributed by atoms with van der Waals surface area (Å²) in [5.74, 6) is 1.60. The van der Waals surface area contributed by atoms with Crippen molar-refractivity contribution >= 4 is 57.2 Å². The number of nitrogen functional groups attached to an aromatic ring is 1. The van der Waals surface area contributed by atoms with Crippen molar-refractivity contribution in [2.75, 3.05) is 31.2 Å². The van der Waals surface area contributed by atoms with Crippen molar-refractivity contribution in [2.45, 2.75) is 18.9 Å². The third kappa shape index (κ3) is 4.77. The van der Waals surface area contributed by atoms with Crippen LogP contribution in [0.25, 0.3) is 10.9 Å². The predicted octanol–water partition coefficient (Wildman–Crippen LogP) is 4.83. The van der Waals surface area contributed by atoms with Gasteiger partial charge in [0.25, 0.3) is 0 Å². The van der Waals surface area contributed by atoms with Gasteiger partial charge in [-0.25, -0.2) is 9.97 Å². The summed E-state index contributed by atoms with van der Waals surface area (Å²) in [6.07, 6.45) is 4.14. The Bertz CT molecular complexity index is 1210. The van der Waals surface area contributed by atoms with Crippen molar-refractivity contribution in [1.82, 2.24) is 14.9 Å². The summed E-state index contributed by atoms with van der Waals surface area (Å²) in [7, 11) is 1.58. The minimum absolute atomic E-state index is 0.0584. The maximum atomic E-state index is 11.8. The summed E-state index contributed by atoms with van der Waals surface area (Å²) in [5, 5.41) is 4.57.